The summed E-state index contributed by atoms with van der Waals surface area (Å²) in [6, 6.07) is 8.06. The van der Waals surface area contributed by atoms with Gasteiger partial charge in [0, 0.05) is 12.5 Å². The number of rotatable bonds is 4. The highest BCUT2D eigenvalue weighted by Crippen LogP contribution is 2.20. The third-order valence-electron chi connectivity index (χ3n) is 3.44. The van der Waals surface area contributed by atoms with Crippen LogP contribution in [0.15, 0.2) is 24.3 Å². The van der Waals surface area contributed by atoms with Crippen LogP contribution in [0.25, 0.3) is 0 Å². The average molecular weight is 262 g/mol. The summed E-state index contributed by atoms with van der Waals surface area (Å²) in [6.45, 7) is 10.2. The van der Waals surface area contributed by atoms with Crippen molar-refractivity contribution in [3.63, 3.8) is 0 Å². The molecule has 0 heterocycles. The molecule has 3 N–H and O–H groups in total. The number of carbonyl (C=O) groups is 1. The molecule has 1 unspecified atom stereocenters. The van der Waals surface area contributed by atoms with E-state index in [1.54, 1.807) is 0 Å². The quantitative estimate of drug-likeness (QED) is 0.876. The van der Waals surface area contributed by atoms with E-state index in [0.717, 1.165) is 5.56 Å². The molecule has 0 spiro atoms. The van der Waals surface area contributed by atoms with E-state index in [4.69, 9.17) is 5.73 Å². The zero-order chi connectivity index (χ0) is 14.6. The minimum Gasteiger partial charge on any atom is -0.350 e. The maximum Gasteiger partial charge on any atom is 0.222 e. The second kappa shape index (κ2) is 6.20. The molecular weight excluding hydrogens is 236 g/mol. The molecule has 0 aliphatic rings. The second-order valence-corrected chi connectivity index (χ2v) is 6.38. The second-order valence-electron chi connectivity index (χ2n) is 6.38. The molecule has 0 aliphatic heterocycles. The number of hydrogen-bond acceptors (Lipinski definition) is 2. The van der Waals surface area contributed by atoms with Crippen LogP contribution >= 0.6 is 0 Å². The summed E-state index contributed by atoms with van der Waals surface area (Å²) in [5.41, 5.74) is 8.30. The van der Waals surface area contributed by atoms with E-state index in [1.807, 2.05) is 32.0 Å². The highest BCUT2D eigenvalue weighted by Gasteiger charge is 2.23. The molecule has 0 fully saturated rings. The van der Waals surface area contributed by atoms with Gasteiger partial charge in [-0.3, -0.25) is 4.79 Å². The van der Waals surface area contributed by atoms with Crippen molar-refractivity contribution in [1.29, 1.82) is 0 Å². The summed E-state index contributed by atoms with van der Waals surface area (Å²) in [5.74, 6) is 0.0106. The van der Waals surface area contributed by atoms with Crippen molar-refractivity contribution >= 4 is 5.91 Å². The fourth-order valence-corrected chi connectivity index (χ4v) is 1.83. The molecule has 3 heteroatoms. The monoisotopic (exact) mass is 262 g/mol. The molecule has 1 amide bonds. The van der Waals surface area contributed by atoms with Gasteiger partial charge in [-0.15, -0.1) is 0 Å². The van der Waals surface area contributed by atoms with Crippen molar-refractivity contribution in [3.05, 3.63) is 35.4 Å². The van der Waals surface area contributed by atoms with Gasteiger partial charge in [-0.25, -0.2) is 0 Å². The van der Waals surface area contributed by atoms with Gasteiger partial charge in [0.05, 0.1) is 6.04 Å². The van der Waals surface area contributed by atoms with Gasteiger partial charge in [0.1, 0.15) is 0 Å². The van der Waals surface area contributed by atoms with Crippen LogP contribution in [0.1, 0.15) is 51.3 Å². The van der Waals surface area contributed by atoms with Gasteiger partial charge >= 0.3 is 0 Å². The van der Waals surface area contributed by atoms with Crippen LogP contribution in [0, 0.1) is 12.3 Å². The molecule has 0 saturated carbocycles. The van der Waals surface area contributed by atoms with Gasteiger partial charge in [-0.05, 0) is 24.8 Å². The van der Waals surface area contributed by atoms with Crippen LogP contribution in [-0.4, -0.2) is 11.9 Å². The van der Waals surface area contributed by atoms with Crippen LogP contribution in [0.5, 0.6) is 0 Å². The van der Waals surface area contributed by atoms with Gasteiger partial charge in [0.15, 0.2) is 0 Å². The number of nitrogens with one attached hydrogen (secondary N) is 1. The maximum atomic E-state index is 12.0. The molecule has 0 aromatic heterocycles. The Morgan fingerprint density at radius 3 is 2.53 bits per heavy atom. The van der Waals surface area contributed by atoms with Gasteiger partial charge in [0.2, 0.25) is 5.91 Å². The summed E-state index contributed by atoms with van der Waals surface area (Å²) in [5, 5.41) is 3.01. The fourth-order valence-electron chi connectivity index (χ4n) is 1.83. The normalized spacial score (nSPS) is 14.8. The number of amides is 1. The molecule has 0 aliphatic carbocycles. The van der Waals surface area contributed by atoms with E-state index in [0.29, 0.717) is 6.42 Å². The Hall–Kier alpha value is -1.35. The number of benzene rings is 1. The molecule has 0 saturated heterocycles. The third-order valence-corrected chi connectivity index (χ3v) is 3.44. The Morgan fingerprint density at radius 2 is 2.00 bits per heavy atom. The van der Waals surface area contributed by atoms with Crippen molar-refractivity contribution in [1.82, 2.24) is 5.32 Å². The van der Waals surface area contributed by atoms with E-state index in [-0.39, 0.29) is 23.4 Å². The predicted molar refractivity (Wildman–Crippen MR) is 79.8 cm³/mol. The van der Waals surface area contributed by atoms with Crippen molar-refractivity contribution < 1.29 is 4.79 Å². The largest absolute Gasteiger partial charge is 0.350 e. The first-order chi connectivity index (χ1) is 8.70. The highest BCUT2D eigenvalue weighted by molar-refractivity contribution is 5.77. The van der Waals surface area contributed by atoms with E-state index in [1.165, 1.54) is 5.56 Å². The topological polar surface area (TPSA) is 55.1 Å². The predicted octanol–water partition coefficient (Wildman–Crippen LogP) is 2.94. The van der Waals surface area contributed by atoms with Crippen LogP contribution in [0.3, 0.4) is 0 Å². The molecule has 3 nitrogen and oxygen atoms in total. The fraction of sp³-hybridized carbons (Fsp3) is 0.562. The zero-order valence-corrected chi connectivity index (χ0v) is 12.7. The molecule has 1 rings (SSSR count). The van der Waals surface area contributed by atoms with E-state index in [9.17, 15) is 4.79 Å². The molecule has 19 heavy (non-hydrogen) atoms. The molecule has 0 bridgehead atoms. The van der Waals surface area contributed by atoms with Crippen molar-refractivity contribution in [2.45, 2.75) is 53.1 Å². The number of carbonyl (C=O) groups excluding carboxylic acids is 1. The smallest absolute Gasteiger partial charge is 0.222 e. The average Bonchev–Trinajstić information content (AvgIpc) is 2.27. The van der Waals surface area contributed by atoms with E-state index < -0.39 is 0 Å². The van der Waals surface area contributed by atoms with Gasteiger partial charge in [0.25, 0.3) is 0 Å². The molecule has 1 aromatic carbocycles. The number of aryl methyl sites for hydroxylation is 1. The molecule has 106 valence electrons. The van der Waals surface area contributed by atoms with E-state index >= 15 is 0 Å². The number of nitrogens with two attached hydrogens (primary N) is 1. The van der Waals surface area contributed by atoms with Gasteiger partial charge < -0.3 is 11.1 Å². The SMILES string of the molecule is Cc1cccc([C@H](C)NC(=O)CC(N)C(C)(C)C)c1. The standard InChI is InChI=1S/C16H26N2O/c1-11-7-6-8-13(9-11)12(2)18-15(19)10-14(17)16(3,4)5/h6-9,12,14H,10,17H2,1-5H3,(H,18,19)/t12-,14?/m0/s1. The Labute approximate surface area is 116 Å². The first-order valence-electron chi connectivity index (χ1n) is 6.81. The summed E-state index contributed by atoms with van der Waals surface area (Å²) in [6.07, 6.45) is 0.361. The third kappa shape index (κ3) is 5.03. The zero-order valence-electron chi connectivity index (χ0n) is 12.7. The van der Waals surface area contributed by atoms with Gasteiger partial charge in [-0.1, -0.05) is 50.6 Å². The lowest BCUT2D eigenvalue weighted by atomic mass is 9.85. The minimum atomic E-state index is -0.128. The van der Waals surface area contributed by atoms with Gasteiger partial charge in [-0.2, -0.15) is 0 Å². The van der Waals surface area contributed by atoms with Crippen LogP contribution in [0.4, 0.5) is 0 Å². The molecule has 2 atom stereocenters. The summed E-state index contributed by atoms with van der Waals surface area (Å²) in [4.78, 5) is 12.0. The van der Waals surface area contributed by atoms with Crippen LogP contribution in [0.2, 0.25) is 0 Å². The Bertz CT molecular complexity index is 435. The molecular formula is C16H26N2O. The van der Waals surface area contributed by atoms with Crippen molar-refractivity contribution in [2.24, 2.45) is 11.1 Å². The summed E-state index contributed by atoms with van der Waals surface area (Å²) < 4.78 is 0. The molecule has 0 radical (unpaired) electrons. The Morgan fingerprint density at radius 1 is 1.37 bits per heavy atom. The summed E-state index contributed by atoms with van der Waals surface area (Å²) in [7, 11) is 0. The first-order valence-corrected chi connectivity index (χ1v) is 6.81. The maximum absolute atomic E-state index is 12.0. The lowest BCUT2D eigenvalue weighted by molar-refractivity contribution is -0.122. The summed E-state index contributed by atoms with van der Waals surface area (Å²) >= 11 is 0. The first kappa shape index (κ1) is 15.7. The molecule has 1 aromatic rings. The Kier molecular flexibility index (Phi) is 5.12. The van der Waals surface area contributed by atoms with Crippen molar-refractivity contribution in [2.75, 3.05) is 0 Å². The lowest BCUT2D eigenvalue weighted by Gasteiger charge is -2.27. The van der Waals surface area contributed by atoms with Crippen LogP contribution in [-0.2, 0) is 4.79 Å². The minimum absolute atomic E-state index is 0.0106. The Balaban J connectivity index is 2.58. The highest BCUT2D eigenvalue weighted by atomic mass is 16.1. The van der Waals surface area contributed by atoms with Crippen LogP contribution < -0.4 is 11.1 Å². The number of hydrogen-bond donors (Lipinski definition) is 2. The van der Waals surface area contributed by atoms with E-state index in [2.05, 4.69) is 32.2 Å². The lowest BCUT2D eigenvalue weighted by Crippen LogP contribution is -2.40. The van der Waals surface area contributed by atoms with Crippen molar-refractivity contribution in [3.8, 4) is 0 Å².